The second kappa shape index (κ2) is 7.22. The summed E-state index contributed by atoms with van der Waals surface area (Å²) >= 11 is 0. The maximum atomic E-state index is 12.4. The maximum absolute atomic E-state index is 12.4. The molecule has 2 atom stereocenters. The van der Waals surface area contributed by atoms with E-state index in [0.717, 1.165) is 4.57 Å². The summed E-state index contributed by atoms with van der Waals surface area (Å²) in [5.74, 6) is -1.44. The van der Waals surface area contributed by atoms with Crippen LogP contribution in [0.3, 0.4) is 0 Å². The Kier molecular flexibility index (Phi) is 5.46. The van der Waals surface area contributed by atoms with Crippen molar-refractivity contribution in [1.82, 2.24) is 14.5 Å². The zero-order chi connectivity index (χ0) is 18.8. The number of aliphatic carboxylic acids is 1. The average Bonchev–Trinajstić information content (AvgIpc) is 2.57. The van der Waals surface area contributed by atoms with Crippen LogP contribution in [0.25, 0.3) is 0 Å². The number of carboxylic acid groups (broad SMARTS) is 1. The molecule has 25 heavy (non-hydrogen) atoms. The lowest BCUT2D eigenvalue weighted by Gasteiger charge is -2.42. The molecule has 1 fully saturated rings. The van der Waals surface area contributed by atoms with Gasteiger partial charge in [-0.1, -0.05) is 13.3 Å². The summed E-state index contributed by atoms with van der Waals surface area (Å²) in [6, 6.07) is 0. The third kappa shape index (κ3) is 3.51. The maximum Gasteiger partial charge on any atom is 0.328 e. The van der Waals surface area contributed by atoms with Crippen molar-refractivity contribution in [3.05, 3.63) is 32.6 Å². The lowest BCUT2D eigenvalue weighted by Crippen LogP contribution is -2.56. The molecule has 0 bridgehead atoms. The van der Waals surface area contributed by atoms with Crippen LogP contribution in [0.5, 0.6) is 0 Å². The molecule has 1 aliphatic heterocycles. The van der Waals surface area contributed by atoms with Gasteiger partial charge in [0.05, 0.1) is 17.9 Å². The van der Waals surface area contributed by atoms with E-state index in [1.165, 1.54) is 18.1 Å². The molecular weight excluding hydrogens is 330 g/mol. The van der Waals surface area contributed by atoms with Gasteiger partial charge < -0.3 is 20.1 Å². The van der Waals surface area contributed by atoms with Crippen LogP contribution < -0.4 is 11.2 Å². The molecule has 1 saturated heterocycles. The number of amides is 1. The van der Waals surface area contributed by atoms with Crippen molar-refractivity contribution in [2.45, 2.75) is 38.7 Å². The minimum atomic E-state index is -1.24. The summed E-state index contributed by atoms with van der Waals surface area (Å²) in [4.78, 5) is 51.1. The second-order valence-electron chi connectivity index (χ2n) is 6.48. The molecule has 0 saturated carbocycles. The Bertz CT molecular complexity index is 783. The van der Waals surface area contributed by atoms with Crippen LogP contribution in [0.1, 0.15) is 31.7 Å². The Morgan fingerprint density at radius 1 is 1.40 bits per heavy atom. The Labute approximate surface area is 143 Å². The van der Waals surface area contributed by atoms with Crippen LogP contribution in [0.2, 0.25) is 0 Å². The summed E-state index contributed by atoms with van der Waals surface area (Å²) in [6.45, 7) is 1.96. The van der Waals surface area contributed by atoms with Gasteiger partial charge in [0.1, 0.15) is 0 Å². The van der Waals surface area contributed by atoms with E-state index >= 15 is 0 Å². The predicted molar refractivity (Wildman–Crippen MR) is 88.2 cm³/mol. The highest BCUT2D eigenvalue weighted by molar-refractivity contribution is 5.80. The van der Waals surface area contributed by atoms with Gasteiger partial charge in [-0.15, -0.1) is 0 Å². The van der Waals surface area contributed by atoms with Gasteiger partial charge in [0.25, 0.3) is 5.56 Å². The van der Waals surface area contributed by atoms with E-state index in [2.05, 4.69) is 4.98 Å². The molecule has 3 N–H and O–H groups in total. The van der Waals surface area contributed by atoms with E-state index in [4.69, 9.17) is 0 Å². The fourth-order valence-corrected chi connectivity index (χ4v) is 3.31. The predicted octanol–water partition coefficient (Wildman–Crippen LogP) is -0.920. The van der Waals surface area contributed by atoms with E-state index in [0.29, 0.717) is 12.8 Å². The van der Waals surface area contributed by atoms with Crippen molar-refractivity contribution >= 4 is 11.9 Å². The van der Waals surface area contributed by atoms with Crippen molar-refractivity contribution in [1.29, 1.82) is 0 Å². The van der Waals surface area contributed by atoms with E-state index in [1.54, 1.807) is 0 Å². The number of nitrogens with one attached hydrogen (secondary N) is 1. The van der Waals surface area contributed by atoms with Crippen molar-refractivity contribution in [2.75, 3.05) is 13.1 Å². The fraction of sp³-hybridized carbons (Fsp3) is 0.625. The fourth-order valence-electron chi connectivity index (χ4n) is 3.31. The quantitative estimate of drug-likeness (QED) is 0.627. The average molecular weight is 353 g/mol. The zero-order valence-electron chi connectivity index (χ0n) is 14.3. The molecule has 1 aliphatic rings. The van der Waals surface area contributed by atoms with Gasteiger partial charge in [0.15, 0.2) is 0 Å². The number of aromatic amines is 1. The van der Waals surface area contributed by atoms with Gasteiger partial charge in [-0.05, 0) is 12.8 Å². The van der Waals surface area contributed by atoms with Crippen LogP contribution >= 0.6 is 0 Å². The molecule has 138 valence electrons. The normalized spacial score (nSPS) is 23.5. The Balaban J connectivity index is 2.13. The molecule has 2 heterocycles. The number of aliphatic hydroxyl groups is 1. The molecular formula is C16H23N3O6. The monoisotopic (exact) mass is 353 g/mol. The summed E-state index contributed by atoms with van der Waals surface area (Å²) < 4.78 is 0.879. The van der Waals surface area contributed by atoms with Crippen molar-refractivity contribution in [3.63, 3.8) is 0 Å². The third-order valence-electron chi connectivity index (χ3n) is 4.93. The van der Waals surface area contributed by atoms with Gasteiger partial charge in [0.2, 0.25) is 5.91 Å². The first-order valence-corrected chi connectivity index (χ1v) is 8.19. The number of aliphatic hydroxyl groups excluding tert-OH is 1. The first kappa shape index (κ1) is 18.9. The van der Waals surface area contributed by atoms with E-state index in [9.17, 15) is 29.4 Å². The Morgan fingerprint density at radius 2 is 2.08 bits per heavy atom. The number of hydrogen-bond acceptors (Lipinski definition) is 5. The van der Waals surface area contributed by atoms with Crippen molar-refractivity contribution < 1.29 is 19.8 Å². The number of carbonyl (C=O) groups is 2. The Morgan fingerprint density at radius 3 is 2.64 bits per heavy atom. The SMILES string of the molecule is CCC[C@]1(C(=O)O)CCN(C(=O)Cc2c[nH]c(=O)n(C)c2=O)C[C@@H]1O. The summed E-state index contributed by atoms with van der Waals surface area (Å²) in [5.41, 5.74) is -2.22. The number of carbonyl (C=O) groups excluding carboxylic acids is 1. The molecule has 1 aromatic rings. The number of β-amino-alcohol motifs (C(OH)–C–C–N with tert-alkyl or cyclic N) is 1. The standard InChI is InChI=1S/C16H23N3O6/c1-3-4-16(14(23)24)5-6-19(9-11(16)20)12(21)7-10-8-17-15(25)18(2)13(10)22/h8,11,20H,3-7,9H2,1-2H3,(H,17,25)(H,23,24)/t11-,16-/m0/s1. The van der Waals surface area contributed by atoms with Gasteiger partial charge in [-0.3, -0.25) is 19.0 Å². The van der Waals surface area contributed by atoms with Crippen LogP contribution in [-0.2, 0) is 23.1 Å². The number of hydrogen-bond donors (Lipinski definition) is 3. The van der Waals surface area contributed by atoms with Gasteiger partial charge >= 0.3 is 11.7 Å². The van der Waals surface area contributed by atoms with Gasteiger partial charge in [-0.25, -0.2) is 4.79 Å². The van der Waals surface area contributed by atoms with Crippen LogP contribution in [0, 0.1) is 5.41 Å². The molecule has 0 spiro atoms. The number of aromatic nitrogens is 2. The molecule has 1 aromatic heterocycles. The molecule has 0 radical (unpaired) electrons. The summed E-state index contributed by atoms with van der Waals surface area (Å²) in [7, 11) is 1.31. The van der Waals surface area contributed by atoms with Crippen LogP contribution in [0.15, 0.2) is 15.8 Å². The molecule has 0 aromatic carbocycles. The topological polar surface area (TPSA) is 133 Å². The number of H-pyrrole nitrogens is 1. The van der Waals surface area contributed by atoms with Crippen LogP contribution in [-0.4, -0.2) is 55.7 Å². The minimum Gasteiger partial charge on any atom is -0.481 e. The number of carboxylic acids is 1. The largest absolute Gasteiger partial charge is 0.481 e. The summed E-state index contributed by atoms with van der Waals surface area (Å²) in [5, 5.41) is 19.9. The van der Waals surface area contributed by atoms with E-state index in [-0.39, 0.29) is 31.5 Å². The first-order valence-electron chi connectivity index (χ1n) is 8.19. The highest BCUT2D eigenvalue weighted by Gasteiger charge is 2.48. The molecule has 1 amide bonds. The minimum absolute atomic E-state index is 0.0885. The molecule has 2 rings (SSSR count). The molecule has 9 heteroatoms. The number of nitrogens with zero attached hydrogens (tertiary/aromatic N) is 2. The lowest BCUT2D eigenvalue weighted by molar-refractivity contribution is -0.167. The smallest absolute Gasteiger partial charge is 0.328 e. The van der Waals surface area contributed by atoms with Crippen molar-refractivity contribution in [2.24, 2.45) is 12.5 Å². The third-order valence-corrected chi connectivity index (χ3v) is 4.93. The number of piperidine rings is 1. The van der Waals surface area contributed by atoms with Crippen LogP contribution in [0.4, 0.5) is 0 Å². The molecule has 0 aliphatic carbocycles. The van der Waals surface area contributed by atoms with Crippen molar-refractivity contribution in [3.8, 4) is 0 Å². The Hall–Kier alpha value is -2.42. The van der Waals surface area contributed by atoms with E-state index in [1.807, 2.05) is 6.92 Å². The highest BCUT2D eigenvalue weighted by Crippen LogP contribution is 2.37. The van der Waals surface area contributed by atoms with Gasteiger partial charge in [0, 0.05) is 31.9 Å². The number of rotatable bonds is 5. The first-order chi connectivity index (χ1) is 11.7. The highest BCUT2D eigenvalue weighted by atomic mass is 16.4. The summed E-state index contributed by atoms with van der Waals surface area (Å²) in [6.07, 6.45) is 0.940. The zero-order valence-corrected chi connectivity index (χ0v) is 14.3. The molecule has 9 nitrogen and oxygen atoms in total. The lowest BCUT2D eigenvalue weighted by atomic mass is 9.72. The van der Waals surface area contributed by atoms with Gasteiger partial charge in [-0.2, -0.15) is 0 Å². The van der Waals surface area contributed by atoms with E-state index < -0.39 is 34.6 Å². The molecule has 0 unspecified atom stereocenters. The number of likely N-dealkylation sites (tertiary alicyclic amines) is 1. The second-order valence-corrected chi connectivity index (χ2v) is 6.48.